The lowest BCUT2D eigenvalue weighted by Crippen LogP contribution is -2.47. The van der Waals surface area contributed by atoms with Crippen LogP contribution in [-0.2, 0) is 24.2 Å². The minimum atomic E-state index is -0.00388. The highest BCUT2D eigenvalue weighted by Crippen LogP contribution is 2.23. The van der Waals surface area contributed by atoms with Gasteiger partial charge in [-0.2, -0.15) is 0 Å². The molecule has 0 saturated carbocycles. The molecule has 2 aliphatic rings. The quantitative estimate of drug-likeness (QED) is 0.722. The molecule has 1 saturated heterocycles. The number of fused-ring (bicyclic) bond motifs is 2. The van der Waals surface area contributed by atoms with Crippen molar-refractivity contribution in [3.05, 3.63) is 63.7 Å². The first-order chi connectivity index (χ1) is 14.6. The summed E-state index contributed by atoms with van der Waals surface area (Å²) in [5.74, 6) is 0.664. The number of nitrogens with zero attached hydrogens (tertiary/aromatic N) is 4. The standard InChI is InChI=1S/C23H27N5O2/c1-15-11-28(12-16(2)30-15)23-25-21-14-27(10-8-19(21)22(29)26-23)13-17-7-9-24-20-6-4-3-5-18(17)20/h3-7,9,15-16H,8,10-14H2,1-2H3,(H,25,26,29)/t15-,16-/m0/s1. The molecular weight excluding hydrogens is 378 g/mol. The zero-order valence-corrected chi connectivity index (χ0v) is 17.5. The summed E-state index contributed by atoms with van der Waals surface area (Å²) >= 11 is 0. The number of pyridine rings is 1. The van der Waals surface area contributed by atoms with E-state index in [4.69, 9.17) is 9.72 Å². The SMILES string of the molecule is C[C@H]1CN(c2nc3c(c(=O)[nH]2)CCN(Cc2ccnc4ccccc24)C3)C[C@H](C)O1. The van der Waals surface area contributed by atoms with Crippen LogP contribution in [-0.4, -0.2) is 51.7 Å². The fourth-order valence-corrected chi connectivity index (χ4v) is 4.65. The van der Waals surface area contributed by atoms with Crippen LogP contribution >= 0.6 is 0 Å². The highest BCUT2D eigenvalue weighted by Gasteiger charge is 2.27. The van der Waals surface area contributed by atoms with Crippen LogP contribution < -0.4 is 10.5 Å². The lowest BCUT2D eigenvalue weighted by atomic mass is 10.0. The Morgan fingerprint density at radius 1 is 1.17 bits per heavy atom. The van der Waals surface area contributed by atoms with Crippen LogP contribution in [0.4, 0.5) is 5.95 Å². The van der Waals surface area contributed by atoms with E-state index < -0.39 is 0 Å². The summed E-state index contributed by atoms with van der Waals surface area (Å²) in [7, 11) is 0. The van der Waals surface area contributed by atoms with Crippen molar-refractivity contribution in [3.8, 4) is 0 Å². The molecule has 1 N–H and O–H groups in total. The molecule has 0 unspecified atom stereocenters. The van der Waals surface area contributed by atoms with E-state index in [-0.39, 0.29) is 17.8 Å². The Morgan fingerprint density at radius 3 is 2.80 bits per heavy atom. The molecule has 30 heavy (non-hydrogen) atoms. The molecule has 156 valence electrons. The Morgan fingerprint density at radius 2 is 1.97 bits per heavy atom. The van der Waals surface area contributed by atoms with Gasteiger partial charge in [-0.15, -0.1) is 0 Å². The van der Waals surface area contributed by atoms with Gasteiger partial charge in [0.15, 0.2) is 0 Å². The number of ether oxygens (including phenoxy) is 1. The highest BCUT2D eigenvalue weighted by atomic mass is 16.5. The van der Waals surface area contributed by atoms with Crippen LogP contribution in [0, 0.1) is 0 Å². The number of anilines is 1. The molecule has 7 nitrogen and oxygen atoms in total. The summed E-state index contributed by atoms with van der Waals surface area (Å²) in [6, 6.07) is 10.3. The number of aromatic nitrogens is 3. The van der Waals surface area contributed by atoms with E-state index in [0.717, 1.165) is 49.4 Å². The molecule has 5 rings (SSSR count). The summed E-state index contributed by atoms with van der Waals surface area (Å²) in [4.78, 5) is 29.6. The molecule has 0 aliphatic carbocycles. The van der Waals surface area contributed by atoms with Gasteiger partial charge in [0.2, 0.25) is 5.95 Å². The third kappa shape index (κ3) is 3.70. The lowest BCUT2D eigenvalue weighted by molar-refractivity contribution is -0.00576. The van der Waals surface area contributed by atoms with E-state index >= 15 is 0 Å². The number of rotatable bonds is 3. The summed E-state index contributed by atoms with van der Waals surface area (Å²) < 4.78 is 5.82. The van der Waals surface area contributed by atoms with Gasteiger partial charge in [0.25, 0.3) is 5.56 Å². The Hall–Kier alpha value is -2.77. The van der Waals surface area contributed by atoms with Crippen molar-refractivity contribution in [3.63, 3.8) is 0 Å². The second-order valence-corrected chi connectivity index (χ2v) is 8.42. The maximum atomic E-state index is 12.7. The van der Waals surface area contributed by atoms with Crippen molar-refractivity contribution >= 4 is 16.9 Å². The summed E-state index contributed by atoms with van der Waals surface area (Å²) in [6.07, 6.45) is 2.83. The first-order valence-electron chi connectivity index (χ1n) is 10.6. The van der Waals surface area contributed by atoms with Crippen molar-refractivity contribution in [1.29, 1.82) is 0 Å². The second-order valence-electron chi connectivity index (χ2n) is 8.42. The predicted molar refractivity (Wildman–Crippen MR) is 117 cm³/mol. The van der Waals surface area contributed by atoms with Gasteiger partial charge in [0, 0.05) is 49.9 Å². The molecule has 7 heteroatoms. The van der Waals surface area contributed by atoms with E-state index in [9.17, 15) is 4.79 Å². The van der Waals surface area contributed by atoms with Gasteiger partial charge in [-0.05, 0) is 38.0 Å². The van der Waals surface area contributed by atoms with Gasteiger partial charge in [-0.3, -0.25) is 19.7 Å². The average Bonchev–Trinajstić information content (AvgIpc) is 2.73. The number of nitrogens with one attached hydrogen (secondary N) is 1. The van der Waals surface area contributed by atoms with Crippen molar-refractivity contribution in [2.45, 2.75) is 45.6 Å². The molecule has 3 aromatic rings. The van der Waals surface area contributed by atoms with Gasteiger partial charge in [0.05, 0.1) is 23.4 Å². The zero-order valence-electron chi connectivity index (χ0n) is 17.5. The van der Waals surface area contributed by atoms with Crippen LogP contribution in [0.2, 0.25) is 0 Å². The molecule has 1 fully saturated rings. The number of hydrogen-bond donors (Lipinski definition) is 1. The minimum absolute atomic E-state index is 0.00388. The van der Waals surface area contributed by atoms with Crippen molar-refractivity contribution < 1.29 is 4.74 Å². The highest BCUT2D eigenvalue weighted by molar-refractivity contribution is 5.81. The normalized spacial score (nSPS) is 22.3. The number of hydrogen-bond acceptors (Lipinski definition) is 6. The van der Waals surface area contributed by atoms with Crippen LogP contribution in [0.3, 0.4) is 0 Å². The third-order valence-electron chi connectivity index (χ3n) is 5.99. The summed E-state index contributed by atoms with van der Waals surface area (Å²) in [6.45, 7) is 7.92. The van der Waals surface area contributed by atoms with Gasteiger partial charge in [-0.25, -0.2) is 4.98 Å². The van der Waals surface area contributed by atoms with Crippen LogP contribution in [0.5, 0.6) is 0 Å². The number of aromatic amines is 1. The van der Waals surface area contributed by atoms with E-state index in [1.165, 1.54) is 10.9 Å². The van der Waals surface area contributed by atoms with Crippen LogP contribution in [0.15, 0.2) is 41.3 Å². The van der Waals surface area contributed by atoms with E-state index in [2.05, 4.69) is 51.8 Å². The Labute approximate surface area is 175 Å². The average molecular weight is 406 g/mol. The van der Waals surface area contributed by atoms with Gasteiger partial charge >= 0.3 is 0 Å². The van der Waals surface area contributed by atoms with Crippen LogP contribution in [0.25, 0.3) is 10.9 Å². The summed E-state index contributed by atoms with van der Waals surface area (Å²) in [5.41, 5.74) is 3.98. The molecule has 2 aliphatic heterocycles. The molecule has 0 spiro atoms. The molecule has 0 radical (unpaired) electrons. The molecule has 0 bridgehead atoms. The third-order valence-corrected chi connectivity index (χ3v) is 5.99. The summed E-state index contributed by atoms with van der Waals surface area (Å²) in [5, 5.41) is 1.18. The number of morpholine rings is 1. The smallest absolute Gasteiger partial charge is 0.255 e. The van der Waals surface area contributed by atoms with E-state index in [0.29, 0.717) is 12.5 Å². The van der Waals surface area contributed by atoms with E-state index in [1.54, 1.807) is 0 Å². The fourth-order valence-electron chi connectivity index (χ4n) is 4.65. The number of benzene rings is 1. The zero-order chi connectivity index (χ0) is 20.7. The molecular formula is C23H27N5O2. The molecule has 2 aromatic heterocycles. The van der Waals surface area contributed by atoms with E-state index in [1.807, 2.05) is 18.3 Å². The van der Waals surface area contributed by atoms with Crippen LogP contribution in [0.1, 0.15) is 30.7 Å². The first kappa shape index (κ1) is 19.2. The Kier molecular flexibility index (Phi) is 5.00. The Balaban J connectivity index is 1.40. The van der Waals surface area contributed by atoms with Gasteiger partial charge in [-0.1, -0.05) is 18.2 Å². The molecule has 0 amide bonds. The van der Waals surface area contributed by atoms with Crippen molar-refractivity contribution in [2.24, 2.45) is 0 Å². The molecule has 4 heterocycles. The molecule has 2 atom stereocenters. The maximum absolute atomic E-state index is 12.7. The molecule has 1 aromatic carbocycles. The monoisotopic (exact) mass is 405 g/mol. The Bertz CT molecular complexity index is 1110. The lowest BCUT2D eigenvalue weighted by Gasteiger charge is -2.36. The predicted octanol–water partition coefficient (Wildman–Crippen LogP) is 2.49. The largest absolute Gasteiger partial charge is 0.372 e. The van der Waals surface area contributed by atoms with Gasteiger partial charge in [0.1, 0.15) is 0 Å². The van der Waals surface area contributed by atoms with Crippen molar-refractivity contribution in [1.82, 2.24) is 19.9 Å². The van der Waals surface area contributed by atoms with Gasteiger partial charge < -0.3 is 9.64 Å². The topological polar surface area (TPSA) is 74.4 Å². The fraction of sp³-hybridized carbons (Fsp3) is 0.435. The number of H-pyrrole nitrogens is 1. The second kappa shape index (κ2) is 7.81. The van der Waals surface area contributed by atoms with Crippen molar-refractivity contribution in [2.75, 3.05) is 24.5 Å². The first-order valence-corrected chi connectivity index (χ1v) is 10.6. The maximum Gasteiger partial charge on any atom is 0.255 e. The minimum Gasteiger partial charge on any atom is -0.372 e. The number of para-hydroxylation sites is 1.